The molecule has 0 spiro atoms. The van der Waals surface area contributed by atoms with Gasteiger partial charge in [-0.1, -0.05) is 18.2 Å². The lowest BCUT2D eigenvalue weighted by Gasteiger charge is -2.30. The van der Waals surface area contributed by atoms with Gasteiger partial charge in [-0.05, 0) is 32.5 Å². The maximum atomic E-state index is 10.8. The van der Waals surface area contributed by atoms with Gasteiger partial charge in [0.25, 0.3) is 0 Å². The number of rotatable bonds is 5. The minimum Gasteiger partial charge on any atom is -0.481 e. The summed E-state index contributed by atoms with van der Waals surface area (Å²) in [6, 6.07) is 11.1. The van der Waals surface area contributed by atoms with Crippen LogP contribution in [0.4, 0.5) is 5.69 Å². The average Bonchev–Trinajstić information content (AvgIpc) is 2.70. The molecule has 1 aliphatic heterocycles. The minimum atomic E-state index is -0.736. The third-order valence-corrected chi connectivity index (χ3v) is 3.96. The van der Waals surface area contributed by atoms with Crippen LogP contribution in [0.1, 0.15) is 19.8 Å². The number of carboxylic acids is 1. The normalized spacial score (nSPS) is 23.5. The van der Waals surface area contributed by atoms with Gasteiger partial charge in [0.1, 0.15) is 0 Å². The van der Waals surface area contributed by atoms with Gasteiger partial charge in [0.2, 0.25) is 0 Å². The largest absolute Gasteiger partial charge is 0.481 e. The number of benzene rings is 1. The van der Waals surface area contributed by atoms with Crippen molar-refractivity contribution < 1.29 is 9.90 Å². The Morgan fingerprint density at radius 2 is 2.11 bits per heavy atom. The Bertz CT molecular complexity index is 411. The van der Waals surface area contributed by atoms with E-state index in [1.54, 1.807) is 0 Å². The number of hydrogen-bond acceptors (Lipinski definition) is 3. The summed E-state index contributed by atoms with van der Waals surface area (Å²) in [5.41, 5.74) is 1.12. The fourth-order valence-corrected chi connectivity index (χ4v) is 2.74. The molecule has 0 bridgehead atoms. The number of para-hydroxylation sites is 1. The molecule has 2 rings (SSSR count). The first-order chi connectivity index (χ1) is 9.08. The highest BCUT2D eigenvalue weighted by Crippen LogP contribution is 2.25. The average molecular weight is 262 g/mol. The van der Waals surface area contributed by atoms with E-state index >= 15 is 0 Å². The Morgan fingerprint density at radius 3 is 2.63 bits per heavy atom. The van der Waals surface area contributed by atoms with Crippen molar-refractivity contribution in [3.05, 3.63) is 30.3 Å². The van der Waals surface area contributed by atoms with Gasteiger partial charge < -0.3 is 14.9 Å². The van der Waals surface area contributed by atoms with Gasteiger partial charge in [-0.2, -0.15) is 0 Å². The SMILES string of the molecule is CC1CC(N(CCC(=O)O)c2ccccc2)CN1C. The van der Waals surface area contributed by atoms with E-state index in [1.165, 1.54) is 0 Å². The molecule has 104 valence electrons. The number of aliphatic carboxylic acids is 1. The molecule has 1 aromatic carbocycles. The number of carboxylic acid groups (broad SMARTS) is 1. The molecule has 1 aliphatic rings. The van der Waals surface area contributed by atoms with E-state index in [9.17, 15) is 4.79 Å². The maximum absolute atomic E-state index is 10.8. The fourth-order valence-electron chi connectivity index (χ4n) is 2.74. The first-order valence-corrected chi connectivity index (χ1v) is 6.81. The monoisotopic (exact) mass is 262 g/mol. The lowest BCUT2D eigenvalue weighted by Crippen LogP contribution is -2.38. The Kier molecular flexibility index (Phi) is 4.43. The summed E-state index contributed by atoms with van der Waals surface area (Å²) >= 11 is 0. The zero-order chi connectivity index (χ0) is 13.8. The zero-order valence-corrected chi connectivity index (χ0v) is 11.6. The molecule has 2 atom stereocenters. The van der Waals surface area contributed by atoms with Gasteiger partial charge in [-0.25, -0.2) is 0 Å². The molecule has 0 radical (unpaired) electrons. The fraction of sp³-hybridized carbons (Fsp3) is 0.533. The van der Waals surface area contributed by atoms with Gasteiger partial charge in [0.15, 0.2) is 0 Å². The molecular formula is C15H22N2O2. The highest BCUT2D eigenvalue weighted by molar-refractivity contribution is 5.67. The molecule has 4 heteroatoms. The predicted octanol–water partition coefficient (Wildman–Crippen LogP) is 2.06. The van der Waals surface area contributed by atoms with E-state index < -0.39 is 5.97 Å². The maximum Gasteiger partial charge on any atom is 0.305 e. The Hall–Kier alpha value is -1.55. The van der Waals surface area contributed by atoms with E-state index in [1.807, 2.05) is 18.2 Å². The molecule has 0 saturated carbocycles. The third kappa shape index (κ3) is 3.47. The van der Waals surface area contributed by atoms with Crippen molar-refractivity contribution in [1.82, 2.24) is 4.90 Å². The molecule has 1 aromatic rings. The van der Waals surface area contributed by atoms with E-state index in [-0.39, 0.29) is 6.42 Å². The Morgan fingerprint density at radius 1 is 1.42 bits per heavy atom. The van der Waals surface area contributed by atoms with E-state index in [0.717, 1.165) is 18.7 Å². The number of carbonyl (C=O) groups is 1. The second-order valence-corrected chi connectivity index (χ2v) is 5.35. The topological polar surface area (TPSA) is 43.8 Å². The number of anilines is 1. The van der Waals surface area contributed by atoms with Crippen LogP contribution in [0.25, 0.3) is 0 Å². The van der Waals surface area contributed by atoms with Gasteiger partial charge in [0, 0.05) is 30.9 Å². The highest BCUT2D eigenvalue weighted by Gasteiger charge is 2.30. The molecule has 19 heavy (non-hydrogen) atoms. The van der Waals surface area contributed by atoms with Crippen molar-refractivity contribution in [1.29, 1.82) is 0 Å². The van der Waals surface area contributed by atoms with Gasteiger partial charge in [-0.15, -0.1) is 0 Å². The van der Waals surface area contributed by atoms with Crippen LogP contribution in [-0.4, -0.2) is 48.2 Å². The number of likely N-dealkylation sites (tertiary alicyclic amines) is 1. The molecule has 4 nitrogen and oxygen atoms in total. The molecule has 0 aromatic heterocycles. The van der Waals surface area contributed by atoms with Crippen LogP contribution < -0.4 is 4.90 Å². The molecular weight excluding hydrogens is 240 g/mol. The molecule has 0 aliphatic carbocycles. The summed E-state index contributed by atoms with van der Waals surface area (Å²) in [7, 11) is 2.13. The van der Waals surface area contributed by atoms with E-state index in [0.29, 0.717) is 18.6 Å². The van der Waals surface area contributed by atoms with Crippen LogP contribution in [0.3, 0.4) is 0 Å². The molecule has 1 heterocycles. The van der Waals surface area contributed by atoms with Crippen molar-refractivity contribution in [2.75, 3.05) is 25.0 Å². The number of likely N-dealkylation sites (N-methyl/N-ethyl adjacent to an activating group) is 1. The quantitative estimate of drug-likeness (QED) is 0.882. The first-order valence-electron chi connectivity index (χ1n) is 6.81. The first kappa shape index (κ1) is 13.9. The summed E-state index contributed by atoms with van der Waals surface area (Å²) < 4.78 is 0. The second-order valence-electron chi connectivity index (χ2n) is 5.35. The van der Waals surface area contributed by atoms with Crippen LogP contribution in [0.5, 0.6) is 0 Å². The highest BCUT2D eigenvalue weighted by atomic mass is 16.4. The lowest BCUT2D eigenvalue weighted by molar-refractivity contribution is -0.136. The summed E-state index contributed by atoms with van der Waals surface area (Å²) in [4.78, 5) is 15.4. The molecule has 1 N–H and O–H groups in total. The standard InChI is InChI=1S/C15H22N2O2/c1-12-10-14(11-16(12)2)17(9-8-15(18)19)13-6-4-3-5-7-13/h3-7,12,14H,8-11H2,1-2H3,(H,18,19). The molecule has 0 amide bonds. The Balaban J connectivity index is 2.13. The van der Waals surface area contributed by atoms with Gasteiger partial charge in [-0.3, -0.25) is 4.79 Å². The van der Waals surface area contributed by atoms with Crippen molar-refractivity contribution >= 4 is 11.7 Å². The van der Waals surface area contributed by atoms with Crippen molar-refractivity contribution in [3.63, 3.8) is 0 Å². The van der Waals surface area contributed by atoms with Crippen LogP contribution in [0.15, 0.2) is 30.3 Å². The van der Waals surface area contributed by atoms with E-state index in [4.69, 9.17) is 5.11 Å². The number of nitrogens with zero attached hydrogens (tertiary/aromatic N) is 2. The summed E-state index contributed by atoms with van der Waals surface area (Å²) in [6.07, 6.45) is 1.27. The minimum absolute atomic E-state index is 0.184. The summed E-state index contributed by atoms with van der Waals surface area (Å²) in [5, 5.41) is 8.92. The second kappa shape index (κ2) is 6.06. The molecule has 2 unspecified atom stereocenters. The Labute approximate surface area is 114 Å². The van der Waals surface area contributed by atoms with Crippen LogP contribution in [0, 0.1) is 0 Å². The van der Waals surface area contributed by atoms with Crippen molar-refractivity contribution in [2.24, 2.45) is 0 Å². The van der Waals surface area contributed by atoms with Crippen molar-refractivity contribution in [2.45, 2.75) is 31.8 Å². The smallest absolute Gasteiger partial charge is 0.305 e. The zero-order valence-electron chi connectivity index (χ0n) is 11.6. The van der Waals surface area contributed by atoms with Crippen molar-refractivity contribution in [3.8, 4) is 0 Å². The van der Waals surface area contributed by atoms with Gasteiger partial charge in [0.05, 0.1) is 6.42 Å². The van der Waals surface area contributed by atoms with Crippen LogP contribution in [0.2, 0.25) is 0 Å². The van der Waals surface area contributed by atoms with Gasteiger partial charge >= 0.3 is 5.97 Å². The summed E-state index contributed by atoms with van der Waals surface area (Å²) in [6.45, 7) is 3.79. The number of hydrogen-bond donors (Lipinski definition) is 1. The molecule has 1 fully saturated rings. The van der Waals surface area contributed by atoms with Crippen LogP contribution >= 0.6 is 0 Å². The summed E-state index contributed by atoms with van der Waals surface area (Å²) in [5.74, 6) is -0.736. The third-order valence-electron chi connectivity index (χ3n) is 3.96. The lowest BCUT2D eigenvalue weighted by atomic mass is 10.1. The van der Waals surface area contributed by atoms with E-state index in [2.05, 4.69) is 35.9 Å². The molecule has 1 saturated heterocycles. The predicted molar refractivity (Wildman–Crippen MR) is 76.5 cm³/mol. The van der Waals surface area contributed by atoms with Crippen LogP contribution in [-0.2, 0) is 4.79 Å².